The Balaban J connectivity index is 2.21. The lowest BCUT2D eigenvalue weighted by Crippen LogP contribution is -2.40. The number of amides is 1. The highest BCUT2D eigenvalue weighted by Gasteiger charge is 2.25. The lowest BCUT2D eigenvalue weighted by atomic mass is 9.94. The summed E-state index contributed by atoms with van der Waals surface area (Å²) in [6, 6.07) is 9.96. The second-order valence-electron chi connectivity index (χ2n) is 5.09. The second kappa shape index (κ2) is 5.13. The zero-order chi connectivity index (χ0) is 14.0. The van der Waals surface area contributed by atoms with Gasteiger partial charge in [0.1, 0.15) is 4.88 Å². The minimum atomic E-state index is -0.400. The summed E-state index contributed by atoms with van der Waals surface area (Å²) in [5.41, 5.74) is 1.48. The van der Waals surface area contributed by atoms with Crippen molar-refractivity contribution in [1.29, 1.82) is 0 Å². The van der Waals surface area contributed by atoms with E-state index in [4.69, 9.17) is 0 Å². The van der Waals surface area contributed by atoms with Crippen LogP contribution in [-0.2, 0) is 5.54 Å². The van der Waals surface area contributed by atoms with E-state index < -0.39 is 5.54 Å². The SMILES string of the molecule is Cc1nc(C)c(C(=O)NC(C)(C)c2ccccc2)s1. The van der Waals surface area contributed by atoms with E-state index >= 15 is 0 Å². The van der Waals surface area contributed by atoms with E-state index in [0.717, 1.165) is 16.3 Å². The lowest BCUT2D eigenvalue weighted by Gasteiger charge is -2.26. The third-order valence-electron chi connectivity index (χ3n) is 3.03. The highest BCUT2D eigenvalue weighted by Crippen LogP contribution is 2.22. The van der Waals surface area contributed by atoms with Gasteiger partial charge >= 0.3 is 0 Å². The minimum Gasteiger partial charge on any atom is -0.342 e. The molecule has 0 atom stereocenters. The van der Waals surface area contributed by atoms with Crippen LogP contribution in [0, 0.1) is 13.8 Å². The molecule has 1 N–H and O–H groups in total. The molecular formula is C15H18N2OS. The lowest BCUT2D eigenvalue weighted by molar-refractivity contribution is 0.0915. The molecule has 4 heteroatoms. The number of hydrogen-bond donors (Lipinski definition) is 1. The summed E-state index contributed by atoms with van der Waals surface area (Å²) in [6.07, 6.45) is 0. The molecule has 2 rings (SSSR count). The molecule has 0 bridgehead atoms. The highest BCUT2D eigenvalue weighted by molar-refractivity contribution is 7.13. The van der Waals surface area contributed by atoms with Crippen LogP contribution in [0.1, 0.15) is 39.8 Å². The molecule has 0 aliphatic rings. The zero-order valence-electron chi connectivity index (χ0n) is 11.7. The third-order valence-corrected chi connectivity index (χ3v) is 4.10. The van der Waals surface area contributed by atoms with Gasteiger partial charge in [0.25, 0.3) is 5.91 Å². The number of rotatable bonds is 3. The average Bonchev–Trinajstić information content (AvgIpc) is 2.69. The van der Waals surface area contributed by atoms with Crippen molar-refractivity contribution in [3.8, 4) is 0 Å². The number of carbonyl (C=O) groups excluding carboxylic acids is 1. The van der Waals surface area contributed by atoms with Gasteiger partial charge in [-0.3, -0.25) is 4.79 Å². The van der Waals surface area contributed by atoms with Crippen molar-refractivity contribution in [3.63, 3.8) is 0 Å². The molecule has 0 fully saturated rings. The van der Waals surface area contributed by atoms with E-state index in [2.05, 4.69) is 10.3 Å². The summed E-state index contributed by atoms with van der Waals surface area (Å²) in [7, 11) is 0. The van der Waals surface area contributed by atoms with Crippen molar-refractivity contribution in [2.75, 3.05) is 0 Å². The molecule has 1 aromatic carbocycles. The number of hydrogen-bond acceptors (Lipinski definition) is 3. The predicted molar refractivity (Wildman–Crippen MR) is 78.5 cm³/mol. The molecule has 3 nitrogen and oxygen atoms in total. The number of aromatic nitrogens is 1. The number of nitrogens with zero attached hydrogens (tertiary/aromatic N) is 1. The summed E-state index contributed by atoms with van der Waals surface area (Å²) in [4.78, 5) is 17.3. The van der Waals surface area contributed by atoms with Gasteiger partial charge < -0.3 is 5.32 Å². The fourth-order valence-corrected chi connectivity index (χ4v) is 2.82. The fraction of sp³-hybridized carbons (Fsp3) is 0.333. The van der Waals surface area contributed by atoms with Crippen LogP contribution in [0.25, 0.3) is 0 Å². The molecule has 0 radical (unpaired) electrons. The van der Waals surface area contributed by atoms with Crippen LogP contribution in [0.2, 0.25) is 0 Å². The Morgan fingerprint density at radius 1 is 1.21 bits per heavy atom. The highest BCUT2D eigenvalue weighted by atomic mass is 32.1. The number of benzene rings is 1. The normalized spacial score (nSPS) is 11.4. The van der Waals surface area contributed by atoms with Gasteiger partial charge in [-0.25, -0.2) is 4.98 Å². The van der Waals surface area contributed by atoms with Gasteiger partial charge in [-0.1, -0.05) is 30.3 Å². The molecule has 0 saturated carbocycles. The Kier molecular flexibility index (Phi) is 3.71. The van der Waals surface area contributed by atoms with Crippen molar-refractivity contribution in [2.45, 2.75) is 33.2 Å². The Bertz CT molecular complexity index is 587. The van der Waals surface area contributed by atoms with E-state index in [0.29, 0.717) is 4.88 Å². The van der Waals surface area contributed by atoms with Crippen molar-refractivity contribution in [3.05, 3.63) is 51.5 Å². The van der Waals surface area contributed by atoms with Crippen LogP contribution in [0.5, 0.6) is 0 Å². The molecule has 0 spiro atoms. The first-order chi connectivity index (χ1) is 8.90. The van der Waals surface area contributed by atoms with Crippen molar-refractivity contribution in [2.24, 2.45) is 0 Å². The van der Waals surface area contributed by atoms with Gasteiger partial charge in [-0.05, 0) is 33.3 Å². The summed E-state index contributed by atoms with van der Waals surface area (Å²) < 4.78 is 0. The molecule has 1 amide bonds. The topological polar surface area (TPSA) is 42.0 Å². The summed E-state index contributed by atoms with van der Waals surface area (Å²) in [5, 5.41) is 3.99. The maximum Gasteiger partial charge on any atom is 0.263 e. The van der Waals surface area contributed by atoms with Crippen LogP contribution in [-0.4, -0.2) is 10.9 Å². The first-order valence-corrected chi connectivity index (χ1v) is 7.04. The number of carbonyl (C=O) groups is 1. The van der Waals surface area contributed by atoms with Crippen molar-refractivity contribution >= 4 is 17.2 Å². The molecule has 0 unspecified atom stereocenters. The summed E-state index contributed by atoms with van der Waals surface area (Å²) in [6.45, 7) is 7.79. The van der Waals surface area contributed by atoms with E-state index in [1.807, 2.05) is 58.0 Å². The maximum absolute atomic E-state index is 12.3. The monoisotopic (exact) mass is 274 g/mol. The predicted octanol–water partition coefficient (Wildman–Crippen LogP) is 3.43. The molecular weight excluding hydrogens is 256 g/mol. The molecule has 1 aromatic heterocycles. The molecule has 0 aliphatic heterocycles. The maximum atomic E-state index is 12.3. The zero-order valence-corrected chi connectivity index (χ0v) is 12.5. The standard InChI is InChI=1S/C15H18N2OS/c1-10-13(19-11(2)16-10)14(18)17-15(3,4)12-8-6-5-7-9-12/h5-9H,1-4H3,(H,17,18). The molecule has 2 aromatic rings. The summed E-state index contributed by atoms with van der Waals surface area (Å²) in [5.74, 6) is -0.0584. The first-order valence-electron chi connectivity index (χ1n) is 6.22. The minimum absolute atomic E-state index is 0.0584. The van der Waals surface area contributed by atoms with Crippen LogP contribution in [0.4, 0.5) is 0 Å². The Morgan fingerprint density at radius 3 is 2.37 bits per heavy atom. The van der Waals surface area contributed by atoms with Crippen LogP contribution in [0.3, 0.4) is 0 Å². The van der Waals surface area contributed by atoms with Gasteiger partial charge in [0.15, 0.2) is 0 Å². The quantitative estimate of drug-likeness (QED) is 0.931. The molecule has 0 aliphatic carbocycles. The number of nitrogens with one attached hydrogen (secondary N) is 1. The van der Waals surface area contributed by atoms with Gasteiger partial charge in [-0.2, -0.15) is 0 Å². The first kappa shape index (κ1) is 13.7. The van der Waals surface area contributed by atoms with Crippen LogP contribution in [0.15, 0.2) is 30.3 Å². The van der Waals surface area contributed by atoms with Crippen molar-refractivity contribution in [1.82, 2.24) is 10.3 Å². The van der Waals surface area contributed by atoms with Gasteiger partial charge in [0.2, 0.25) is 0 Å². The number of thiazole rings is 1. The molecule has 19 heavy (non-hydrogen) atoms. The largest absolute Gasteiger partial charge is 0.342 e. The van der Waals surface area contributed by atoms with E-state index in [1.54, 1.807) is 0 Å². The van der Waals surface area contributed by atoms with Crippen LogP contribution >= 0.6 is 11.3 Å². The second-order valence-corrected chi connectivity index (χ2v) is 6.30. The Labute approximate surface area is 117 Å². The van der Waals surface area contributed by atoms with Gasteiger partial charge in [0.05, 0.1) is 16.2 Å². The van der Waals surface area contributed by atoms with E-state index in [9.17, 15) is 4.79 Å². The van der Waals surface area contributed by atoms with Crippen molar-refractivity contribution < 1.29 is 4.79 Å². The third kappa shape index (κ3) is 3.01. The average molecular weight is 274 g/mol. The van der Waals surface area contributed by atoms with Gasteiger partial charge in [0, 0.05) is 0 Å². The van der Waals surface area contributed by atoms with E-state index in [-0.39, 0.29) is 5.91 Å². The fourth-order valence-electron chi connectivity index (χ4n) is 2.01. The molecule has 0 saturated heterocycles. The molecule has 100 valence electrons. The smallest absolute Gasteiger partial charge is 0.263 e. The van der Waals surface area contributed by atoms with Gasteiger partial charge in [-0.15, -0.1) is 11.3 Å². The Morgan fingerprint density at radius 2 is 1.84 bits per heavy atom. The van der Waals surface area contributed by atoms with E-state index in [1.165, 1.54) is 11.3 Å². The molecule has 1 heterocycles. The summed E-state index contributed by atoms with van der Waals surface area (Å²) >= 11 is 1.44. The number of aryl methyl sites for hydroxylation is 2. The Hall–Kier alpha value is -1.68. The van der Waals surface area contributed by atoms with Crippen LogP contribution < -0.4 is 5.32 Å².